The van der Waals surface area contributed by atoms with E-state index >= 15 is 0 Å². The zero-order chi connectivity index (χ0) is 31.7. The Morgan fingerprint density at radius 2 is 0.878 bits per heavy atom. The van der Waals surface area contributed by atoms with Crippen LogP contribution in [0.1, 0.15) is 5.56 Å². The van der Waals surface area contributed by atoms with Crippen molar-refractivity contribution in [1.82, 2.24) is 9.13 Å². The van der Waals surface area contributed by atoms with Crippen molar-refractivity contribution in [3.05, 3.63) is 133 Å². The van der Waals surface area contributed by atoms with Crippen molar-refractivity contribution in [3.63, 3.8) is 0 Å². The monoisotopic (exact) mass is 622 g/mol. The van der Waals surface area contributed by atoms with Crippen molar-refractivity contribution in [3.8, 4) is 34.4 Å². The van der Waals surface area contributed by atoms with Crippen LogP contribution in [0.15, 0.2) is 127 Å². The third kappa shape index (κ3) is 2.74. The molecule has 0 fully saturated rings. The molecule has 0 radical (unpaired) electrons. The Hall–Kier alpha value is -6.13. The van der Waals surface area contributed by atoms with Gasteiger partial charge in [0.05, 0.1) is 11.0 Å². The van der Waals surface area contributed by atoms with Crippen LogP contribution < -0.4 is 42.3 Å². The van der Waals surface area contributed by atoms with Gasteiger partial charge in [-0.15, -0.1) is 0 Å². The summed E-state index contributed by atoms with van der Waals surface area (Å²) < 4.78 is 18.2. The van der Waals surface area contributed by atoms with Crippen molar-refractivity contribution in [2.24, 2.45) is 0 Å². The first-order chi connectivity index (χ1) is 24.3. The van der Waals surface area contributed by atoms with Crippen LogP contribution in [0.25, 0.3) is 55.0 Å². The molecule has 49 heavy (non-hydrogen) atoms. The van der Waals surface area contributed by atoms with E-state index in [9.17, 15) is 0 Å². The van der Waals surface area contributed by atoms with E-state index in [1.807, 2.05) is 0 Å². The fourth-order valence-electron chi connectivity index (χ4n) is 10.1. The van der Waals surface area contributed by atoms with Gasteiger partial charge in [-0.05, 0) is 87.7 Å². The molecule has 0 unspecified atom stereocenters. The number of aryl methyl sites for hydroxylation is 1. The minimum atomic E-state index is 0.116. The largest absolute Gasteiger partial charge is 0.458 e. The van der Waals surface area contributed by atoms with Gasteiger partial charge in [-0.2, -0.15) is 0 Å². The molecule has 4 nitrogen and oxygen atoms in total. The Bertz CT molecular complexity index is 2840. The maximum absolute atomic E-state index is 6.59. The molecular formula is C43H24B2N2O2. The number of para-hydroxylation sites is 4. The average molecular weight is 622 g/mol. The fraction of sp³-hybridized carbons (Fsp3) is 0.0233. The standard InChI is InChI=1S/C43H24B2N2O2/c1-23-38-24-10-6-14-28-42(24)46(30-16-8-20-36-40(30)44(28)26-12-2-4-18-34(26)48-36)32(38)22-33-39(23)25-11-7-15-29-43(25)47(33)31-17-9-21-37-41(31)45(29)27-13-3-5-19-35(27)49-37/h2-22H,1H3. The highest BCUT2D eigenvalue weighted by molar-refractivity contribution is 7.00. The van der Waals surface area contributed by atoms with Crippen molar-refractivity contribution >= 4 is 89.8 Å². The number of fused-ring (bicyclic) bond motifs is 14. The number of nitrogens with zero attached hydrogens (tertiary/aromatic N) is 2. The molecule has 2 aromatic heterocycles. The molecule has 4 aliphatic heterocycles. The first kappa shape index (κ1) is 25.0. The molecule has 0 N–H and O–H groups in total. The molecule has 7 aromatic carbocycles. The van der Waals surface area contributed by atoms with Crippen LogP contribution in [-0.2, 0) is 0 Å². The first-order valence-corrected chi connectivity index (χ1v) is 17.1. The van der Waals surface area contributed by atoms with Gasteiger partial charge < -0.3 is 18.6 Å². The lowest BCUT2D eigenvalue weighted by Crippen LogP contribution is -2.58. The van der Waals surface area contributed by atoms with Gasteiger partial charge in [-0.25, -0.2) is 0 Å². The Labute approximate surface area is 281 Å². The molecule has 0 saturated carbocycles. The Morgan fingerprint density at radius 1 is 0.449 bits per heavy atom. The van der Waals surface area contributed by atoms with Crippen LogP contribution >= 0.6 is 0 Å². The number of aromatic nitrogens is 2. The summed E-state index contributed by atoms with van der Waals surface area (Å²) in [6.45, 7) is 2.57. The van der Waals surface area contributed by atoms with E-state index < -0.39 is 0 Å². The summed E-state index contributed by atoms with van der Waals surface area (Å²) in [5.74, 6) is 3.78. The van der Waals surface area contributed by atoms with Gasteiger partial charge in [0.25, 0.3) is 13.4 Å². The summed E-state index contributed by atoms with van der Waals surface area (Å²) in [5.41, 5.74) is 16.4. The average Bonchev–Trinajstić information content (AvgIpc) is 3.66. The third-order valence-electron chi connectivity index (χ3n) is 11.8. The van der Waals surface area contributed by atoms with E-state index in [4.69, 9.17) is 9.47 Å². The minimum absolute atomic E-state index is 0.116. The lowest BCUT2D eigenvalue weighted by molar-refractivity contribution is 0.487. The van der Waals surface area contributed by atoms with Gasteiger partial charge in [0.15, 0.2) is 0 Å². The van der Waals surface area contributed by atoms with Gasteiger partial charge in [0.2, 0.25) is 0 Å². The molecule has 6 heteroatoms. The second kappa shape index (κ2) is 8.29. The number of hydrogen-bond donors (Lipinski definition) is 0. The SMILES string of the molecule is Cc1c2c3cccc4c3n(c2cc2c1c1cccc3c1n2-c1cccc2c1B3c1ccccc1O2)-c1cccc2c1B4c1ccccc1O2. The van der Waals surface area contributed by atoms with Gasteiger partial charge in [0, 0.05) is 44.0 Å². The fourth-order valence-corrected chi connectivity index (χ4v) is 10.1. The van der Waals surface area contributed by atoms with Crippen LogP contribution in [0, 0.1) is 6.92 Å². The molecule has 4 aliphatic rings. The Morgan fingerprint density at radius 3 is 1.39 bits per heavy atom. The van der Waals surface area contributed by atoms with E-state index in [-0.39, 0.29) is 13.4 Å². The molecule has 0 spiro atoms. The Kier molecular flexibility index (Phi) is 4.22. The zero-order valence-electron chi connectivity index (χ0n) is 26.5. The normalized spacial score (nSPS) is 14.1. The Balaban J connectivity index is 1.21. The molecule has 9 aromatic rings. The second-order valence-electron chi connectivity index (χ2n) is 14.0. The van der Waals surface area contributed by atoms with E-state index in [2.05, 4.69) is 143 Å². The number of ether oxygens (including phenoxy) is 2. The topological polar surface area (TPSA) is 28.3 Å². The van der Waals surface area contributed by atoms with E-state index in [1.54, 1.807) is 0 Å². The number of benzene rings is 7. The minimum Gasteiger partial charge on any atom is -0.458 e. The predicted octanol–water partition coefficient (Wildman–Crippen LogP) is 6.06. The molecular weight excluding hydrogens is 598 g/mol. The number of hydrogen-bond acceptors (Lipinski definition) is 2. The van der Waals surface area contributed by atoms with Crippen molar-refractivity contribution in [2.75, 3.05) is 0 Å². The van der Waals surface area contributed by atoms with Gasteiger partial charge >= 0.3 is 0 Å². The smallest absolute Gasteiger partial charge is 0.256 e. The van der Waals surface area contributed by atoms with E-state index in [1.165, 1.54) is 93.3 Å². The first-order valence-electron chi connectivity index (χ1n) is 17.1. The molecule has 0 saturated heterocycles. The molecule has 0 aliphatic carbocycles. The molecule has 0 amide bonds. The van der Waals surface area contributed by atoms with Crippen LogP contribution in [0.3, 0.4) is 0 Å². The van der Waals surface area contributed by atoms with Crippen molar-refractivity contribution < 1.29 is 9.47 Å². The second-order valence-corrected chi connectivity index (χ2v) is 14.0. The van der Waals surface area contributed by atoms with Crippen LogP contribution in [0.2, 0.25) is 0 Å². The van der Waals surface area contributed by atoms with E-state index in [0.717, 1.165) is 23.0 Å². The van der Waals surface area contributed by atoms with Crippen molar-refractivity contribution in [1.29, 1.82) is 0 Å². The summed E-state index contributed by atoms with van der Waals surface area (Å²) in [4.78, 5) is 0. The predicted molar refractivity (Wildman–Crippen MR) is 202 cm³/mol. The quantitative estimate of drug-likeness (QED) is 0.193. The van der Waals surface area contributed by atoms with Crippen LogP contribution in [0.5, 0.6) is 23.0 Å². The lowest BCUT2D eigenvalue weighted by atomic mass is 9.34. The highest BCUT2D eigenvalue weighted by Gasteiger charge is 2.42. The van der Waals surface area contributed by atoms with Gasteiger partial charge in [-0.3, -0.25) is 0 Å². The lowest BCUT2D eigenvalue weighted by Gasteiger charge is -2.33. The summed E-state index contributed by atoms with van der Waals surface area (Å²) >= 11 is 0. The third-order valence-corrected chi connectivity index (χ3v) is 11.8. The van der Waals surface area contributed by atoms with Gasteiger partial charge in [0.1, 0.15) is 23.0 Å². The highest BCUT2D eigenvalue weighted by atomic mass is 16.5. The van der Waals surface area contributed by atoms with Gasteiger partial charge in [-0.1, -0.05) is 84.9 Å². The van der Waals surface area contributed by atoms with Crippen LogP contribution in [-0.4, -0.2) is 22.6 Å². The maximum Gasteiger partial charge on any atom is 0.256 e. The summed E-state index contributed by atoms with van der Waals surface area (Å²) in [6.07, 6.45) is 0. The zero-order valence-corrected chi connectivity index (χ0v) is 26.5. The number of rotatable bonds is 0. The van der Waals surface area contributed by atoms with E-state index in [0.29, 0.717) is 0 Å². The molecule has 0 bridgehead atoms. The maximum atomic E-state index is 6.59. The summed E-state index contributed by atoms with van der Waals surface area (Å²) in [6, 6.07) is 46.5. The molecule has 0 atom stereocenters. The van der Waals surface area contributed by atoms with Crippen molar-refractivity contribution in [2.45, 2.75) is 6.92 Å². The molecule has 224 valence electrons. The summed E-state index contributed by atoms with van der Waals surface area (Å²) in [7, 11) is 0. The summed E-state index contributed by atoms with van der Waals surface area (Å²) in [5, 5.41) is 5.25. The van der Waals surface area contributed by atoms with Crippen LogP contribution in [0.4, 0.5) is 0 Å². The molecule has 13 rings (SSSR count). The highest BCUT2D eigenvalue weighted by Crippen LogP contribution is 2.44. The molecule has 6 heterocycles.